The first-order valence-electron chi connectivity index (χ1n) is 7.75. The Kier molecular flexibility index (Phi) is 5.12. The van der Waals surface area contributed by atoms with E-state index in [4.69, 9.17) is 14.0 Å². The van der Waals surface area contributed by atoms with Gasteiger partial charge in [-0.2, -0.15) is 0 Å². The van der Waals surface area contributed by atoms with Gasteiger partial charge >= 0.3 is 5.97 Å². The van der Waals surface area contributed by atoms with Crippen LogP contribution in [0.2, 0.25) is 0 Å². The molecule has 0 aliphatic carbocycles. The van der Waals surface area contributed by atoms with Gasteiger partial charge in [0, 0.05) is 30.1 Å². The number of hydrogen-bond acceptors (Lipinski definition) is 8. The van der Waals surface area contributed by atoms with Crippen molar-refractivity contribution in [2.45, 2.75) is 13.5 Å². The fraction of sp³-hybridized carbons (Fsp3) is 0.222. The molecule has 0 fully saturated rings. The molecule has 134 valence electrons. The first kappa shape index (κ1) is 17.4. The number of rotatable bonds is 6. The minimum Gasteiger partial charge on any atom is -0.481 e. The Morgan fingerprint density at radius 3 is 2.46 bits per heavy atom. The van der Waals surface area contributed by atoms with Gasteiger partial charge in [-0.05, 0) is 19.1 Å². The van der Waals surface area contributed by atoms with Gasteiger partial charge in [-0.25, -0.2) is 14.8 Å². The second-order valence-corrected chi connectivity index (χ2v) is 5.32. The van der Waals surface area contributed by atoms with E-state index >= 15 is 0 Å². The van der Waals surface area contributed by atoms with Crippen LogP contribution in [0.5, 0.6) is 11.8 Å². The third kappa shape index (κ3) is 3.64. The number of ether oxygens (including phenoxy) is 3. The summed E-state index contributed by atoms with van der Waals surface area (Å²) in [6.07, 6.45) is 3.05. The lowest BCUT2D eigenvalue weighted by Crippen LogP contribution is -2.03. The normalized spacial score (nSPS) is 10.4. The molecule has 8 nitrogen and oxygen atoms in total. The number of pyridine rings is 2. The minimum atomic E-state index is -0.451. The van der Waals surface area contributed by atoms with Crippen molar-refractivity contribution < 1.29 is 23.5 Å². The summed E-state index contributed by atoms with van der Waals surface area (Å²) in [5.41, 5.74) is 2.57. The molecule has 0 spiro atoms. The molecule has 0 radical (unpaired) electrons. The number of aromatic nitrogens is 3. The van der Waals surface area contributed by atoms with Gasteiger partial charge in [0.2, 0.25) is 11.8 Å². The predicted molar refractivity (Wildman–Crippen MR) is 90.9 cm³/mol. The zero-order valence-electron chi connectivity index (χ0n) is 14.6. The minimum absolute atomic E-state index is 0.210. The molecule has 0 saturated heterocycles. The van der Waals surface area contributed by atoms with Crippen molar-refractivity contribution in [2.24, 2.45) is 0 Å². The van der Waals surface area contributed by atoms with Gasteiger partial charge in [0.1, 0.15) is 18.1 Å². The molecule has 3 heterocycles. The second-order valence-electron chi connectivity index (χ2n) is 5.32. The third-order valence-electron chi connectivity index (χ3n) is 3.73. The van der Waals surface area contributed by atoms with E-state index in [-0.39, 0.29) is 6.61 Å². The molecule has 3 rings (SSSR count). The van der Waals surface area contributed by atoms with E-state index in [2.05, 4.69) is 19.9 Å². The average molecular weight is 355 g/mol. The van der Waals surface area contributed by atoms with Crippen molar-refractivity contribution in [3.05, 3.63) is 53.5 Å². The lowest BCUT2D eigenvalue weighted by molar-refractivity contribution is 0.0600. The van der Waals surface area contributed by atoms with Crippen LogP contribution in [0, 0.1) is 6.92 Å². The van der Waals surface area contributed by atoms with Crippen molar-refractivity contribution in [2.75, 3.05) is 14.2 Å². The summed E-state index contributed by atoms with van der Waals surface area (Å²) in [6.45, 7) is 2.02. The summed E-state index contributed by atoms with van der Waals surface area (Å²) < 4.78 is 20.7. The van der Waals surface area contributed by atoms with Crippen LogP contribution in [0.1, 0.15) is 21.7 Å². The maximum atomic E-state index is 11.4. The summed E-state index contributed by atoms with van der Waals surface area (Å²) in [7, 11) is 2.87. The fourth-order valence-electron chi connectivity index (χ4n) is 2.28. The van der Waals surface area contributed by atoms with Gasteiger partial charge in [-0.15, -0.1) is 0 Å². The first-order chi connectivity index (χ1) is 12.6. The number of carbonyl (C=O) groups is 1. The Balaban J connectivity index is 1.76. The highest BCUT2D eigenvalue weighted by atomic mass is 16.5. The molecule has 0 unspecified atom stereocenters. The quantitative estimate of drug-likeness (QED) is 0.623. The smallest absolute Gasteiger partial charge is 0.339 e. The maximum Gasteiger partial charge on any atom is 0.339 e. The number of hydrogen-bond donors (Lipinski definition) is 0. The van der Waals surface area contributed by atoms with E-state index < -0.39 is 5.97 Å². The summed E-state index contributed by atoms with van der Waals surface area (Å²) in [4.78, 5) is 19.7. The van der Waals surface area contributed by atoms with Crippen molar-refractivity contribution in [3.63, 3.8) is 0 Å². The molecule has 0 amide bonds. The zero-order valence-corrected chi connectivity index (χ0v) is 14.6. The van der Waals surface area contributed by atoms with Crippen LogP contribution in [-0.4, -0.2) is 35.3 Å². The monoisotopic (exact) mass is 355 g/mol. The van der Waals surface area contributed by atoms with E-state index in [0.717, 1.165) is 11.1 Å². The van der Waals surface area contributed by atoms with Crippen LogP contribution in [-0.2, 0) is 11.3 Å². The number of nitrogens with zero attached hydrogens (tertiary/aromatic N) is 3. The number of aryl methyl sites for hydroxylation is 1. The Bertz CT molecular complexity index is 888. The van der Waals surface area contributed by atoms with Crippen LogP contribution >= 0.6 is 0 Å². The maximum absolute atomic E-state index is 11.4. The Labute approximate surface area is 149 Å². The van der Waals surface area contributed by atoms with Crippen molar-refractivity contribution in [1.82, 2.24) is 15.1 Å². The van der Waals surface area contributed by atoms with Gasteiger partial charge < -0.3 is 18.7 Å². The fourth-order valence-corrected chi connectivity index (χ4v) is 2.28. The number of esters is 1. The van der Waals surface area contributed by atoms with E-state index in [1.165, 1.54) is 13.3 Å². The number of carbonyl (C=O) groups excluding carboxylic acids is 1. The molecule has 3 aromatic rings. The summed E-state index contributed by atoms with van der Waals surface area (Å²) in [5, 5.41) is 4.08. The molecule has 8 heteroatoms. The van der Waals surface area contributed by atoms with E-state index in [0.29, 0.717) is 28.8 Å². The van der Waals surface area contributed by atoms with Gasteiger partial charge in [0.05, 0.1) is 25.3 Å². The molecule has 3 aromatic heterocycles. The van der Waals surface area contributed by atoms with Crippen molar-refractivity contribution in [1.29, 1.82) is 0 Å². The lowest BCUT2D eigenvalue weighted by Gasteiger charge is -2.07. The third-order valence-corrected chi connectivity index (χ3v) is 3.73. The van der Waals surface area contributed by atoms with Crippen LogP contribution in [0.4, 0.5) is 0 Å². The number of methoxy groups -OCH3 is 2. The highest BCUT2D eigenvalue weighted by Gasteiger charge is 2.16. The van der Waals surface area contributed by atoms with Gasteiger partial charge in [-0.3, -0.25) is 0 Å². The molecule has 0 aromatic carbocycles. The molecule has 0 atom stereocenters. The van der Waals surface area contributed by atoms with E-state index in [1.807, 2.05) is 6.07 Å². The van der Waals surface area contributed by atoms with Crippen LogP contribution < -0.4 is 9.47 Å². The summed E-state index contributed by atoms with van der Waals surface area (Å²) in [6, 6.07) is 6.78. The zero-order chi connectivity index (χ0) is 18.5. The molecule has 0 N–H and O–H groups in total. The van der Waals surface area contributed by atoms with E-state index in [1.54, 1.807) is 38.4 Å². The average Bonchev–Trinajstić information content (AvgIpc) is 3.06. The lowest BCUT2D eigenvalue weighted by atomic mass is 10.1. The second kappa shape index (κ2) is 7.64. The largest absolute Gasteiger partial charge is 0.481 e. The highest BCUT2D eigenvalue weighted by molar-refractivity contribution is 5.88. The van der Waals surface area contributed by atoms with Crippen LogP contribution in [0.15, 0.2) is 41.2 Å². The van der Waals surface area contributed by atoms with Gasteiger partial charge in [0.15, 0.2) is 0 Å². The molecule has 0 aliphatic rings. The summed E-state index contributed by atoms with van der Waals surface area (Å²) >= 11 is 0. The Morgan fingerprint density at radius 2 is 1.85 bits per heavy atom. The molecule has 0 aliphatic heterocycles. The Hall–Kier alpha value is -3.42. The molecule has 0 saturated carbocycles. The molecular formula is C18H17N3O5. The SMILES string of the molecule is COC(=O)c1ccc(OCc2c(-c3ccc(OC)nc3)noc2C)nc1. The standard InChI is InChI=1S/C18H17N3O5/c1-11-14(10-25-16-7-5-13(9-20-16)18(22)24-3)17(21-26-11)12-4-6-15(23-2)19-8-12/h4-9H,10H2,1-3H3. The topological polar surface area (TPSA) is 96.6 Å². The predicted octanol–water partition coefficient (Wildman–Crippen LogP) is 2.81. The van der Waals surface area contributed by atoms with Gasteiger partial charge in [-0.1, -0.05) is 5.16 Å². The molecule has 26 heavy (non-hydrogen) atoms. The van der Waals surface area contributed by atoms with Crippen LogP contribution in [0.25, 0.3) is 11.3 Å². The van der Waals surface area contributed by atoms with Crippen molar-refractivity contribution >= 4 is 5.97 Å². The Morgan fingerprint density at radius 1 is 1.08 bits per heavy atom. The first-order valence-corrected chi connectivity index (χ1v) is 7.75. The highest BCUT2D eigenvalue weighted by Crippen LogP contribution is 2.26. The van der Waals surface area contributed by atoms with Crippen molar-refractivity contribution in [3.8, 4) is 23.0 Å². The van der Waals surface area contributed by atoms with Gasteiger partial charge in [0.25, 0.3) is 0 Å². The summed E-state index contributed by atoms with van der Waals surface area (Å²) in [5.74, 6) is 1.08. The molecule has 0 bridgehead atoms. The molecular weight excluding hydrogens is 338 g/mol. The van der Waals surface area contributed by atoms with Crippen LogP contribution in [0.3, 0.4) is 0 Å². The van der Waals surface area contributed by atoms with E-state index in [9.17, 15) is 4.79 Å².